The van der Waals surface area contributed by atoms with Crippen molar-refractivity contribution >= 4 is 11.6 Å². The van der Waals surface area contributed by atoms with Crippen molar-refractivity contribution in [1.29, 1.82) is 0 Å². The van der Waals surface area contributed by atoms with Crippen LogP contribution in [0.3, 0.4) is 0 Å². The molecule has 1 amide bonds. The quantitative estimate of drug-likeness (QED) is 0.404. The predicted octanol–water partition coefficient (Wildman–Crippen LogP) is 6.23. The van der Waals surface area contributed by atoms with Gasteiger partial charge < -0.3 is 10.1 Å². The molecule has 0 saturated carbocycles. The molecule has 0 radical (unpaired) electrons. The summed E-state index contributed by atoms with van der Waals surface area (Å²) in [6, 6.07) is 35.4. The summed E-state index contributed by atoms with van der Waals surface area (Å²) in [5.41, 5.74) is 4.83. The maximum atomic E-state index is 12.5. The molecular formula is C27H23NO2. The zero-order chi connectivity index (χ0) is 20.6. The molecule has 4 aromatic rings. The van der Waals surface area contributed by atoms with Crippen LogP contribution in [0.25, 0.3) is 11.1 Å². The minimum absolute atomic E-state index is 0.132. The number of anilines is 1. The lowest BCUT2D eigenvalue weighted by atomic mass is 10.0. The number of benzene rings is 4. The second-order valence-corrected chi connectivity index (χ2v) is 7.01. The number of amides is 1. The Morgan fingerprint density at radius 1 is 0.667 bits per heavy atom. The van der Waals surface area contributed by atoms with Crippen molar-refractivity contribution in [3.05, 3.63) is 120 Å². The average Bonchev–Trinajstić information content (AvgIpc) is 2.81. The summed E-state index contributed by atoms with van der Waals surface area (Å²) in [5.74, 6) is 0.656. The first-order chi connectivity index (χ1) is 14.8. The molecule has 0 heterocycles. The minimum atomic E-state index is -0.132. The molecule has 0 bridgehead atoms. The standard InChI is InChI=1S/C27H23NO2/c29-27(24-13-11-23(12-14-24)22-9-5-2-6-10-22)28-25-15-17-26(18-16-25)30-20-19-21-7-3-1-4-8-21/h1-18H,19-20H2,(H,28,29). The van der Waals surface area contributed by atoms with Crippen LogP contribution in [0.2, 0.25) is 0 Å². The first-order valence-corrected chi connectivity index (χ1v) is 10.0. The van der Waals surface area contributed by atoms with Crippen LogP contribution >= 0.6 is 0 Å². The maximum absolute atomic E-state index is 12.5. The summed E-state index contributed by atoms with van der Waals surface area (Å²) in [4.78, 5) is 12.5. The third-order valence-electron chi connectivity index (χ3n) is 4.87. The van der Waals surface area contributed by atoms with Crippen LogP contribution in [0.15, 0.2) is 109 Å². The van der Waals surface area contributed by atoms with Gasteiger partial charge in [0.25, 0.3) is 5.91 Å². The highest BCUT2D eigenvalue weighted by atomic mass is 16.5. The molecule has 0 atom stereocenters. The smallest absolute Gasteiger partial charge is 0.255 e. The van der Waals surface area contributed by atoms with Crippen LogP contribution in [0, 0.1) is 0 Å². The number of carbonyl (C=O) groups is 1. The van der Waals surface area contributed by atoms with E-state index in [-0.39, 0.29) is 5.91 Å². The van der Waals surface area contributed by atoms with Crippen LogP contribution < -0.4 is 10.1 Å². The Morgan fingerprint density at radius 2 is 1.27 bits per heavy atom. The zero-order valence-electron chi connectivity index (χ0n) is 16.6. The van der Waals surface area contributed by atoms with Gasteiger partial charge in [-0.1, -0.05) is 72.8 Å². The third kappa shape index (κ3) is 5.15. The van der Waals surface area contributed by atoms with Gasteiger partial charge in [-0.05, 0) is 53.1 Å². The number of ether oxygens (including phenoxy) is 1. The molecule has 0 aliphatic carbocycles. The van der Waals surface area contributed by atoms with E-state index < -0.39 is 0 Å². The summed E-state index contributed by atoms with van der Waals surface area (Å²) in [6.45, 7) is 0.615. The Bertz CT molecular complexity index is 1070. The number of carbonyl (C=O) groups excluding carboxylic acids is 1. The van der Waals surface area contributed by atoms with Crippen molar-refractivity contribution in [2.45, 2.75) is 6.42 Å². The van der Waals surface area contributed by atoms with Crippen molar-refractivity contribution in [2.75, 3.05) is 11.9 Å². The average molecular weight is 393 g/mol. The van der Waals surface area contributed by atoms with Gasteiger partial charge in [0.2, 0.25) is 0 Å². The summed E-state index contributed by atoms with van der Waals surface area (Å²) in [6.07, 6.45) is 0.859. The van der Waals surface area contributed by atoms with E-state index in [1.165, 1.54) is 5.56 Å². The van der Waals surface area contributed by atoms with E-state index in [9.17, 15) is 4.79 Å². The van der Waals surface area contributed by atoms with E-state index in [0.717, 1.165) is 29.0 Å². The van der Waals surface area contributed by atoms with E-state index >= 15 is 0 Å². The topological polar surface area (TPSA) is 38.3 Å². The van der Waals surface area contributed by atoms with Crippen LogP contribution in [-0.4, -0.2) is 12.5 Å². The Labute approximate surface area is 177 Å². The SMILES string of the molecule is O=C(Nc1ccc(OCCc2ccccc2)cc1)c1ccc(-c2ccccc2)cc1. The van der Waals surface area contributed by atoms with Gasteiger partial charge >= 0.3 is 0 Å². The first-order valence-electron chi connectivity index (χ1n) is 10.0. The molecule has 3 heteroatoms. The lowest BCUT2D eigenvalue weighted by Crippen LogP contribution is -2.11. The highest BCUT2D eigenvalue weighted by Gasteiger charge is 2.07. The highest BCUT2D eigenvalue weighted by Crippen LogP contribution is 2.20. The maximum Gasteiger partial charge on any atom is 0.255 e. The van der Waals surface area contributed by atoms with Gasteiger partial charge in [-0.2, -0.15) is 0 Å². The van der Waals surface area contributed by atoms with Gasteiger partial charge in [0.05, 0.1) is 6.61 Å². The monoisotopic (exact) mass is 393 g/mol. The number of nitrogens with one attached hydrogen (secondary N) is 1. The van der Waals surface area contributed by atoms with E-state index in [4.69, 9.17) is 4.74 Å². The molecule has 30 heavy (non-hydrogen) atoms. The summed E-state index contributed by atoms with van der Waals surface area (Å²) < 4.78 is 5.80. The van der Waals surface area contributed by atoms with E-state index in [1.54, 1.807) is 0 Å². The van der Waals surface area contributed by atoms with E-state index in [0.29, 0.717) is 12.2 Å². The lowest BCUT2D eigenvalue weighted by Gasteiger charge is -2.09. The van der Waals surface area contributed by atoms with E-state index in [1.807, 2.05) is 84.9 Å². The van der Waals surface area contributed by atoms with Crippen molar-refractivity contribution in [3.8, 4) is 16.9 Å². The second-order valence-electron chi connectivity index (χ2n) is 7.01. The minimum Gasteiger partial charge on any atom is -0.493 e. The molecule has 3 nitrogen and oxygen atoms in total. The Morgan fingerprint density at radius 3 is 1.93 bits per heavy atom. The molecule has 0 aromatic heterocycles. The number of rotatable bonds is 7. The number of hydrogen-bond acceptors (Lipinski definition) is 2. The Hall–Kier alpha value is -3.85. The van der Waals surface area contributed by atoms with Crippen molar-refractivity contribution < 1.29 is 9.53 Å². The van der Waals surface area contributed by atoms with Crippen LogP contribution in [0.4, 0.5) is 5.69 Å². The van der Waals surface area contributed by atoms with Gasteiger partial charge in [0.1, 0.15) is 5.75 Å². The molecule has 0 aliphatic rings. The molecule has 0 spiro atoms. The molecule has 0 fully saturated rings. The molecule has 4 aromatic carbocycles. The fourth-order valence-electron chi connectivity index (χ4n) is 3.21. The normalized spacial score (nSPS) is 10.4. The van der Waals surface area contributed by atoms with Gasteiger partial charge in [0.15, 0.2) is 0 Å². The van der Waals surface area contributed by atoms with Gasteiger partial charge in [-0.25, -0.2) is 0 Å². The van der Waals surface area contributed by atoms with Crippen molar-refractivity contribution in [1.82, 2.24) is 0 Å². The molecule has 0 saturated heterocycles. The molecule has 1 N–H and O–H groups in total. The molecule has 0 unspecified atom stereocenters. The largest absolute Gasteiger partial charge is 0.493 e. The Balaban J connectivity index is 1.31. The Kier molecular flexibility index (Phi) is 6.21. The van der Waals surface area contributed by atoms with Crippen LogP contribution in [-0.2, 0) is 6.42 Å². The van der Waals surface area contributed by atoms with Crippen molar-refractivity contribution in [3.63, 3.8) is 0 Å². The van der Waals surface area contributed by atoms with Gasteiger partial charge in [-0.3, -0.25) is 4.79 Å². The molecule has 148 valence electrons. The summed E-state index contributed by atoms with van der Waals surface area (Å²) in [5, 5.41) is 2.93. The molecular weight excluding hydrogens is 370 g/mol. The van der Waals surface area contributed by atoms with Gasteiger partial charge in [-0.15, -0.1) is 0 Å². The first kappa shape index (κ1) is 19.5. The predicted molar refractivity (Wildman–Crippen MR) is 122 cm³/mol. The summed E-state index contributed by atoms with van der Waals surface area (Å²) in [7, 11) is 0. The van der Waals surface area contributed by atoms with Crippen LogP contribution in [0.5, 0.6) is 5.75 Å². The van der Waals surface area contributed by atoms with Gasteiger partial charge in [0, 0.05) is 17.7 Å². The number of hydrogen-bond donors (Lipinski definition) is 1. The van der Waals surface area contributed by atoms with E-state index in [2.05, 4.69) is 29.6 Å². The fraction of sp³-hybridized carbons (Fsp3) is 0.0741. The summed E-state index contributed by atoms with van der Waals surface area (Å²) >= 11 is 0. The second kappa shape index (κ2) is 9.57. The highest BCUT2D eigenvalue weighted by molar-refractivity contribution is 6.04. The van der Waals surface area contributed by atoms with Crippen LogP contribution in [0.1, 0.15) is 15.9 Å². The third-order valence-corrected chi connectivity index (χ3v) is 4.87. The zero-order valence-corrected chi connectivity index (χ0v) is 16.6. The molecule has 4 rings (SSSR count). The van der Waals surface area contributed by atoms with Crippen molar-refractivity contribution in [2.24, 2.45) is 0 Å². The fourth-order valence-corrected chi connectivity index (χ4v) is 3.21. The molecule has 0 aliphatic heterocycles. The lowest BCUT2D eigenvalue weighted by molar-refractivity contribution is 0.102.